The second-order valence-electron chi connectivity index (χ2n) is 18.5. The zero-order chi connectivity index (χ0) is 47.4. The molecule has 0 bridgehead atoms. The Balaban J connectivity index is 1.02. The Bertz CT molecular complexity index is 4320. The highest BCUT2D eigenvalue weighted by Gasteiger charge is 2.23. The van der Waals surface area contributed by atoms with E-state index < -0.39 is 0 Å². The van der Waals surface area contributed by atoms with Crippen molar-refractivity contribution in [2.75, 3.05) is 4.90 Å². The molecular formula is C70H47N. The second-order valence-corrected chi connectivity index (χ2v) is 18.5. The van der Waals surface area contributed by atoms with Crippen molar-refractivity contribution in [2.24, 2.45) is 0 Å². The van der Waals surface area contributed by atoms with E-state index in [1.165, 1.54) is 65.3 Å². The number of allylic oxidation sites excluding steroid dienone is 1. The van der Waals surface area contributed by atoms with Crippen LogP contribution >= 0.6 is 0 Å². The van der Waals surface area contributed by atoms with Crippen molar-refractivity contribution in [3.05, 3.63) is 283 Å². The van der Waals surface area contributed by atoms with Gasteiger partial charge < -0.3 is 4.90 Å². The van der Waals surface area contributed by atoms with Crippen molar-refractivity contribution in [3.8, 4) is 33.4 Å². The van der Waals surface area contributed by atoms with E-state index in [1.807, 2.05) is 12.1 Å². The lowest BCUT2D eigenvalue weighted by Gasteiger charge is -2.29. The van der Waals surface area contributed by atoms with Gasteiger partial charge in [-0.25, -0.2) is 0 Å². The molecule has 0 N–H and O–H groups in total. The summed E-state index contributed by atoms with van der Waals surface area (Å²) in [7, 11) is 0. The van der Waals surface area contributed by atoms with Crippen molar-refractivity contribution in [1.82, 2.24) is 0 Å². The Kier molecular flexibility index (Phi) is 10.2. The summed E-state index contributed by atoms with van der Waals surface area (Å²) in [5.74, 6) is 0. The van der Waals surface area contributed by atoms with E-state index in [0.29, 0.717) is 0 Å². The quantitative estimate of drug-likeness (QED) is 0.137. The van der Waals surface area contributed by atoms with Crippen LogP contribution in [0.25, 0.3) is 110 Å². The molecule has 71 heavy (non-hydrogen) atoms. The van der Waals surface area contributed by atoms with Crippen LogP contribution in [0.1, 0.15) is 5.56 Å². The first kappa shape index (κ1) is 41.9. The summed E-state index contributed by atoms with van der Waals surface area (Å²) < 4.78 is 0. The summed E-state index contributed by atoms with van der Waals surface area (Å²) in [4.78, 5) is 2.43. The van der Waals surface area contributed by atoms with E-state index in [0.717, 1.165) is 71.3 Å². The minimum absolute atomic E-state index is 0.973. The molecule has 13 rings (SSSR count). The molecule has 0 saturated heterocycles. The molecule has 0 amide bonds. The van der Waals surface area contributed by atoms with Crippen molar-refractivity contribution in [3.63, 3.8) is 0 Å². The number of benzene rings is 13. The number of rotatable bonds is 8. The minimum atomic E-state index is 0.973. The molecule has 0 aliphatic heterocycles. The smallest absolute Gasteiger partial charge is 0.0618 e. The largest absolute Gasteiger partial charge is 0.309 e. The van der Waals surface area contributed by atoms with Gasteiger partial charge in [-0.3, -0.25) is 0 Å². The van der Waals surface area contributed by atoms with Gasteiger partial charge in [0.15, 0.2) is 0 Å². The third-order valence-electron chi connectivity index (χ3n) is 14.5. The predicted octanol–water partition coefficient (Wildman–Crippen LogP) is 17.9. The molecule has 1 heteroatoms. The van der Waals surface area contributed by atoms with Crippen LogP contribution in [0.3, 0.4) is 0 Å². The number of para-hydroxylation sites is 1. The van der Waals surface area contributed by atoms with Gasteiger partial charge in [0.25, 0.3) is 0 Å². The molecule has 13 aromatic carbocycles. The van der Waals surface area contributed by atoms with Crippen LogP contribution in [0.2, 0.25) is 0 Å². The minimum Gasteiger partial charge on any atom is -0.309 e. The standard InChI is InChI=1S/C70H47N/c1-3-57(58-26-12-7-19-46(58)2)69-61-29-15-17-31-64(61)70(65-32-18-16-30-62(65)69)71(55-24-5-4-6-25-55)56-40-37-49(38-41-56)52-39-42-63-66(45-52)68(54-36-34-48-21-9-11-23-51(48)44-54)60-28-14-13-27-59(60)67(63)53-35-33-47-20-8-10-22-50(47)43-53/h3-45H,1-2H2/b58-57+. The Morgan fingerprint density at radius 3 is 1.34 bits per heavy atom. The van der Waals surface area contributed by atoms with E-state index in [4.69, 9.17) is 0 Å². The molecule has 0 saturated carbocycles. The maximum Gasteiger partial charge on any atom is 0.0618 e. The van der Waals surface area contributed by atoms with E-state index in [1.54, 1.807) is 0 Å². The molecule has 0 aliphatic rings. The van der Waals surface area contributed by atoms with Crippen molar-refractivity contribution in [2.45, 2.75) is 0 Å². The highest BCUT2D eigenvalue weighted by molar-refractivity contribution is 6.23. The fourth-order valence-electron chi connectivity index (χ4n) is 11.2. The zero-order valence-corrected chi connectivity index (χ0v) is 39.2. The molecule has 0 fully saturated rings. The molecule has 1 nitrogen and oxygen atoms in total. The molecule has 0 unspecified atom stereocenters. The molecule has 0 spiro atoms. The Morgan fingerprint density at radius 1 is 0.324 bits per heavy atom. The summed E-state index contributed by atoms with van der Waals surface area (Å²) in [5.41, 5.74) is 12.7. The molecule has 0 aromatic heterocycles. The highest BCUT2D eigenvalue weighted by atomic mass is 15.1. The van der Waals surface area contributed by atoms with Gasteiger partial charge in [-0.05, 0) is 151 Å². The number of hydrogen-bond donors (Lipinski definition) is 0. The lowest BCUT2D eigenvalue weighted by molar-refractivity contribution is 1.31. The summed E-state index contributed by atoms with van der Waals surface area (Å²) >= 11 is 0. The van der Waals surface area contributed by atoms with Crippen LogP contribution in [0.4, 0.5) is 17.1 Å². The molecule has 332 valence electrons. The summed E-state index contributed by atoms with van der Waals surface area (Å²) in [6.07, 6.45) is 2.00. The highest BCUT2D eigenvalue weighted by Crippen LogP contribution is 2.49. The van der Waals surface area contributed by atoms with Gasteiger partial charge >= 0.3 is 0 Å². The third-order valence-corrected chi connectivity index (χ3v) is 14.5. The Labute approximate surface area is 413 Å². The third kappa shape index (κ3) is 7.09. The van der Waals surface area contributed by atoms with Crippen LogP contribution in [-0.2, 0) is 0 Å². The van der Waals surface area contributed by atoms with Gasteiger partial charge in [0.1, 0.15) is 0 Å². The van der Waals surface area contributed by atoms with E-state index in [-0.39, 0.29) is 0 Å². The fourth-order valence-corrected chi connectivity index (χ4v) is 11.2. The Morgan fingerprint density at radius 2 is 0.761 bits per heavy atom. The number of anilines is 3. The zero-order valence-electron chi connectivity index (χ0n) is 39.2. The van der Waals surface area contributed by atoms with Gasteiger partial charge in [0.05, 0.1) is 5.69 Å². The van der Waals surface area contributed by atoms with Gasteiger partial charge in [-0.2, -0.15) is 0 Å². The number of fused-ring (bicyclic) bond motifs is 6. The van der Waals surface area contributed by atoms with Crippen LogP contribution in [0.15, 0.2) is 267 Å². The van der Waals surface area contributed by atoms with Gasteiger partial charge in [0, 0.05) is 22.1 Å². The second kappa shape index (κ2) is 17.3. The first-order valence-corrected chi connectivity index (χ1v) is 24.4. The van der Waals surface area contributed by atoms with Gasteiger partial charge in [-0.1, -0.05) is 232 Å². The van der Waals surface area contributed by atoms with Crippen molar-refractivity contribution < 1.29 is 0 Å². The van der Waals surface area contributed by atoms with Crippen LogP contribution in [0.5, 0.6) is 0 Å². The van der Waals surface area contributed by atoms with E-state index >= 15 is 0 Å². The van der Waals surface area contributed by atoms with Crippen molar-refractivity contribution >= 4 is 93.8 Å². The van der Waals surface area contributed by atoms with Crippen LogP contribution in [0, 0.1) is 0 Å². The molecule has 13 aromatic rings. The fraction of sp³-hybridized carbons (Fsp3) is 0. The molecule has 0 aliphatic carbocycles. The topological polar surface area (TPSA) is 3.24 Å². The predicted molar refractivity (Wildman–Crippen MR) is 306 cm³/mol. The maximum absolute atomic E-state index is 4.43. The average molecular weight is 902 g/mol. The molecule has 0 heterocycles. The number of nitrogens with zero attached hydrogens (tertiary/aromatic N) is 1. The normalized spacial score (nSPS) is 12.0. The summed E-state index contributed by atoms with van der Waals surface area (Å²) in [6.45, 7) is 8.80. The first-order valence-electron chi connectivity index (χ1n) is 24.4. The summed E-state index contributed by atoms with van der Waals surface area (Å²) in [6, 6.07) is 93.1. The average Bonchev–Trinajstić information content (AvgIpc) is 3.43. The Hall–Kier alpha value is -9.30. The van der Waals surface area contributed by atoms with Crippen molar-refractivity contribution in [1.29, 1.82) is 0 Å². The van der Waals surface area contributed by atoms with Crippen LogP contribution in [-0.4, -0.2) is 0 Å². The maximum atomic E-state index is 4.43. The van der Waals surface area contributed by atoms with E-state index in [9.17, 15) is 0 Å². The van der Waals surface area contributed by atoms with E-state index in [2.05, 4.69) is 267 Å². The summed E-state index contributed by atoms with van der Waals surface area (Å²) in [5, 5.41) is 16.6. The number of hydrogen-bond acceptors (Lipinski definition) is 1. The SMILES string of the molecule is C=C/C(c1c2ccccc2c(N(c2ccccc2)c2ccc(-c3ccc4c(-c5ccc6ccccc6c5)c5ccccc5c(-c5ccc6ccccc6c5)c4c3)cc2)c2ccccc12)=c1/ccccc1=C. The van der Waals surface area contributed by atoms with Gasteiger partial charge in [0.2, 0.25) is 0 Å². The molecule has 0 radical (unpaired) electrons. The lowest BCUT2D eigenvalue weighted by atomic mass is 9.84. The lowest BCUT2D eigenvalue weighted by Crippen LogP contribution is -2.25. The molecular weight excluding hydrogens is 855 g/mol. The molecule has 0 atom stereocenters. The monoisotopic (exact) mass is 901 g/mol. The van der Waals surface area contributed by atoms with Gasteiger partial charge in [-0.15, -0.1) is 0 Å². The first-order chi connectivity index (χ1) is 35.1. The van der Waals surface area contributed by atoms with Crippen LogP contribution < -0.4 is 15.3 Å².